The number of aromatic nitrogens is 1. The molecule has 28 heavy (non-hydrogen) atoms. The van der Waals surface area contributed by atoms with Crippen LogP contribution < -0.4 is 20.3 Å². The van der Waals surface area contributed by atoms with E-state index in [9.17, 15) is 13.2 Å². The Balaban J connectivity index is 1.75. The number of benzene rings is 2. The van der Waals surface area contributed by atoms with Crippen molar-refractivity contribution >= 4 is 45.5 Å². The zero-order valence-electron chi connectivity index (χ0n) is 15.0. The molecule has 0 aliphatic rings. The van der Waals surface area contributed by atoms with Crippen molar-refractivity contribution in [2.24, 2.45) is 0 Å². The molecule has 3 rings (SSSR count). The zero-order valence-corrected chi connectivity index (χ0v) is 15.8. The van der Waals surface area contributed by atoms with Gasteiger partial charge in [-0.3, -0.25) is 0 Å². The summed E-state index contributed by atoms with van der Waals surface area (Å²) in [6.07, 6.45) is -4.46. The first kappa shape index (κ1) is 19.7. The number of ether oxygens (including phenoxy) is 1. The van der Waals surface area contributed by atoms with Gasteiger partial charge in [0, 0.05) is 25.5 Å². The van der Waals surface area contributed by atoms with Crippen LogP contribution in [0.5, 0.6) is 5.75 Å². The van der Waals surface area contributed by atoms with Crippen LogP contribution in [0, 0.1) is 0 Å². The highest BCUT2D eigenvalue weighted by Crippen LogP contribution is 2.33. The van der Waals surface area contributed by atoms with Crippen LogP contribution >= 0.6 is 12.2 Å². The van der Waals surface area contributed by atoms with Crippen LogP contribution in [-0.2, 0) is 0 Å². The van der Waals surface area contributed by atoms with Gasteiger partial charge in [0.05, 0.1) is 0 Å². The zero-order chi connectivity index (χ0) is 20.3. The predicted octanol–water partition coefficient (Wildman–Crippen LogP) is 4.64. The molecule has 10 heteroatoms. The first-order valence-electron chi connectivity index (χ1n) is 8.16. The Morgan fingerprint density at radius 1 is 1.14 bits per heavy atom. The van der Waals surface area contributed by atoms with Gasteiger partial charge in [0.15, 0.2) is 23.1 Å². The molecule has 1 aromatic heterocycles. The maximum absolute atomic E-state index is 12.5. The van der Waals surface area contributed by atoms with Crippen LogP contribution in [0.4, 0.5) is 30.4 Å². The third kappa shape index (κ3) is 4.83. The maximum atomic E-state index is 12.5. The normalized spacial score (nSPS) is 11.3. The lowest BCUT2D eigenvalue weighted by atomic mass is 10.2. The van der Waals surface area contributed by atoms with E-state index < -0.39 is 12.8 Å². The van der Waals surface area contributed by atoms with Gasteiger partial charge < -0.3 is 24.8 Å². The number of rotatable bonds is 5. The summed E-state index contributed by atoms with van der Waals surface area (Å²) in [5, 5.41) is 10.1. The van der Waals surface area contributed by atoms with Crippen molar-refractivity contribution in [2.75, 3.05) is 36.2 Å². The number of nitrogens with zero attached hydrogens (tertiary/aromatic N) is 2. The molecule has 0 unspecified atom stereocenters. The summed E-state index contributed by atoms with van der Waals surface area (Å²) >= 11 is 5.26. The number of fused-ring (bicyclic) bond motifs is 1. The van der Waals surface area contributed by atoms with E-state index in [1.165, 1.54) is 12.1 Å². The summed E-state index contributed by atoms with van der Waals surface area (Å²) < 4.78 is 47.5. The molecule has 0 bridgehead atoms. The standard InChI is InChI=1S/C18H17F3N4O2S/c1-25(2)12-8-6-11(7-9-12)22-17(28)23-16-15-13(26-10-18(19,20)21)4-3-5-14(15)27-24-16/h3-9H,10H2,1-2H3,(H2,22,23,24,28). The fourth-order valence-corrected chi connectivity index (χ4v) is 2.65. The van der Waals surface area contributed by atoms with Crippen molar-refractivity contribution in [3.8, 4) is 5.75 Å². The van der Waals surface area contributed by atoms with E-state index in [1.807, 2.05) is 43.3 Å². The third-order valence-corrected chi connectivity index (χ3v) is 3.93. The monoisotopic (exact) mass is 410 g/mol. The van der Waals surface area contributed by atoms with E-state index >= 15 is 0 Å². The Kier molecular flexibility index (Phi) is 5.59. The minimum absolute atomic E-state index is 0.00305. The molecule has 0 saturated heterocycles. The van der Waals surface area contributed by atoms with Crippen LogP contribution in [0.2, 0.25) is 0 Å². The molecule has 148 valence electrons. The van der Waals surface area contributed by atoms with Gasteiger partial charge in [-0.2, -0.15) is 13.2 Å². The van der Waals surface area contributed by atoms with Gasteiger partial charge in [0.1, 0.15) is 11.1 Å². The SMILES string of the molecule is CN(C)c1ccc(NC(=S)Nc2noc3cccc(OCC(F)(F)F)c23)cc1. The van der Waals surface area contributed by atoms with E-state index in [0.717, 1.165) is 11.4 Å². The third-order valence-electron chi connectivity index (χ3n) is 3.72. The second-order valence-electron chi connectivity index (χ2n) is 6.08. The molecule has 2 N–H and O–H groups in total. The van der Waals surface area contributed by atoms with Crippen molar-refractivity contribution in [2.45, 2.75) is 6.18 Å². The number of nitrogens with one attached hydrogen (secondary N) is 2. The molecule has 0 aliphatic carbocycles. The summed E-state index contributed by atoms with van der Waals surface area (Å²) in [5.74, 6) is 0.159. The number of hydrogen-bond donors (Lipinski definition) is 2. The molecule has 0 radical (unpaired) electrons. The van der Waals surface area contributed by atoms with Crippen LogP contribution in [0.25, 0.3) is 11.0 Å². The Morgan fingerprint density at radius 2 is 1.86 bits per heavy atom. The molecular formula is C18H17F3N4O2S. The highest BCUT2D eigenvalue weighted by Gasteiger charge is 2.29. The molecule has 0 spiro atoms. The van der Waals surface area contributed by atoms with E-state index in [1.54, 1.807) is 6.07 Å². The smallest absolute Gasteiger partial charge is 0.422 e. The van der Waals surface area contributed by atoms with E-state index in [0.29, 0.717) is 0 Å². The molecular weight excluding hydrogens is 393 g/mol. The number of thiocarbonyl (C=S) groups is 1. The molecule has 0 amide bonds. The second kappa shape index (κ2) is 7.93. The van der Waals surface area contributed by atoms with Gasteiger partial charge in [0.2, 0.25) is 0 Å². The Labute approximate surface area is 164 Å². The fourth-order valence-electron chi connectivity index (χ4n) is 2.44. The highest BCUT2D eigenvalue weighted by atomic mass is 32.1. The van der Waals surface area contributed by atoms with Gasteiger partial charge in [0.25, 0.3) is 0 Å². The van der Waals surface area contributed by atoms with Crippen molar-refractivity contribution < 1.29 is 22.4 Å². The van der Waals surface area contributed by atoms with Crippen molar-refractivity contribution in [3.63, 3.8) is 0 Å². The summed E-state index contributed by atoms with van der Waals surface area (Å²) in [6.45, 7) is -1.42. The largest absolute Gasteiger partial charge is 0.483 e. The maximum Gasteiger partial charge on any atom is 0.422 e. The molecule has 0 fully saturated rings. The summed E-state index contributed by atoms with van der Waals surface area (Å²) in [7, 11) is 3.87. The minimum Gasteiger partial charge on any atom is -0.483 e. The Morgan fingerprint density at radius 3 is 2.50 bits per heavy atom. The molecule has 2 aromatic carbocycles. The second-order valence-corrected chi connectivity index (χ2v) is 6.49. The van der Waals surface area contributed by atoms with Crippen LogP contribution in [-0.4, -0.2) is 37.1 Å². The predicted molar refractivity (Wildman–Crippen MR) is 106 cm³/mol. The van der Waals surface area contributed by atoms with Gasteiger partial charge in [-0.05, 0) is 48.6 Å². The molecule has 3 aromatic rings. The molecule has 0 saturated carbocycles. The highest BCUT2D eigenvalue weighted by molar-refractivity contribution is 7.80. The average molecular weight is 410 g/mol. The number of alkyl halides is 3. The van der Waals surface area contributed by atoms with Crippen molar-refractivity contribution in [3.05, 3.63) is 42.5 Å². The summed E-state index contributed by atoms with van der Waals surface area (Å²) in [5.41, 5.74) is 2.04. The van der Waals surface area contributed by atoms with Gasteiger partial charge in [-0.15, -0.1) is 0 Å². The molecule has 0 aliphatic heterocycles. The molecule has 1 heterocycles. The molecule has 0 atom stereocenters. The van der Waals surface area contributed by atoms with E-state index in [4.69, 9.17) is 21.5 Å². The minimum atomic E-state index is -4.46. The number of halogens is 3. The van der Waals surface area contributed by atoms with Gasteiger partial charge >= 0.3 is 6.18 Å². The quantitative estimate of drug-likeness (QED) is 0.594. The van der Waals surface area contributed by atoms with Crippen molar-refractivity contribution in [1.82, 2.24) is 5.16 Å². The van der Waals surface area contributed by atoms with Crippen molar-refractivity contribution in [1.29, 1.82) is 0 Å². The lowest BCUT2D eigenvalue weighted by Crippen LogP contribution is -2.20. The Bertz CT molecular complexity index is 971. The summed E-state index contributed by atoms with van der Waals surface area (Å²) in [4.78, 5) is 1.96. The lowest BCUT2D eigenvalue weighted by molar-refractivity contribution is -0.153. The first-order valence-corrected chi connectivity index (χ1v) is 8.57. The van der Waals surface area contributed by atoms with Crippen LogP contribution in [0.15, 0.2) is 47.0 Å². The van der Waals surface area contributed by atoms with Crippen LogP contribution in [0.1, 0.15) is 0 Å². The lowest BCUT2D eigenvalue weighted by Gasteiger charge is -2.14. The number of anilines is 3. The van der Waals surface area contributed by atoms with Crippen LogP contribution in [0.3, 0.4) is 0 Å². The van der Waals surface area contributed by atoms with Gasteiger partial charge in [-0.1, -0.05) is 11.2 Å². The average Bonchev–Trinajstić information content (AvgIpc) is 3.03. The topological polar surface area (TPSA) is 62.6 Å². The van der Waals surface area contributed by atoms with Gasteiger partial charge in [-0.25, -0.2) is 0 Å². The fraction of sp³-hybridized carbons (Fsp3) is 0.222. The van der Waals surface area contributed by atoms with E-state index in [2.05, 4.69) is 15.8 Å². The number of hydrogen-bond acceptors (Lipinski definition) is 5. The first-order chi connectivity index (χ1) is 13.2. The summed E-state index contributed by atoms with van der Waals surface area (Å²) in [6, 6.07) is 12.0. The molecule has 6 nitrogen and oxygen atoms in total. The van der Waals surface area contributed by atoms with E-state index in [-0.39, 0.29) is 27.6 Å². The Hall–Kier alpha value is -3.01.